The maximum Gasteiger partial charge on any atom is 0.115 e. The third kappa shape index (κ3) is 4.98. The summed E-state index contributed by atoms with van der Waals surface area (Å²) in [7, 11) is 0. The number of benzene rings is 1. The van der Waals surface area contributed by atoms with Gasteiger partial charge in [-0.3, -0.25) is 4.90 Å². The highest BCUT2D eigenvalue weighted by molar-refractivity contribution is 6.31. The lowest BCUT2D eigenvalue weighted by Gasteiger charge is -2.36. The molecule has 1 aromatic carbocycles. The highest BCUT2D eigenvalue weighted by Crippen LogP contribution is 2.21. The minimum Gasteiger partial charge on any atom is -0.360 e. The maximum atomic E-state index is 6.31. The van der Waals surface area contributed by atoms with Gasteiger partial charge < -0.3 is 4.74 Å². The molecular weight excluding hydrogens is 282 g/mol. The Balaban J connectivity index is 2.08. The van der Waals surface area contributed by atoms with E-state index >= 15 is 0 Å². The molecule has 0 aromatic heterocycles. The minimum atomic E-state index is 0.195. The van der Waals surface area contributed by atoms with E-state index in [9.17, 15) is 0 Å². The van der Waals surface area contributed by atoms with Crippen molar-refractivity contribution in [1.29, 1.82) is 0 Å². The summed E-state index contributed by atoms with van der Waals surface area (Å²) in [6.07, 6.45) is 6.45. The van der Waals surface area contributed by atoms with Crippen LogP contribution in [-0.2, 0) is 11.2 Å². The number of aryl methyl sites for hydroxylation is 1. The molecule has 1 saturated heterocycles. The zero-order chi connectivity index (χ0) is 15.2. The number of likely N-dealkylation sites (tertiary alicyclic amines) is 1. The number of piperidine rings is 1. The molecule has 21 heavy (non-hydrogen) atoms. The van der Waals surface area contributed by atoms with Crippen molar-refractivity contribution < 1.29 is 4.74 Å². The first-order chi connectivity index (χ1) is 10.1. The van der Waals surface area contributed by atoms with E-state index in [0.717, 1.165) is 36.5 Å². The molecule has 0 amide bonds. The largest absolute Gasteiger partial charge is 0.360 e. The highest BCUT2D eigenvalue weighted by Gasteiger charge is 2.23. The van der Waals surface area contributed by atoms with Gasteiger partial charge in [-0.2, -0.15) is 0 Å². The predicted molar refractivity (Wildman–Crippen MR) is 89.9 cm³/mol. The van der Waals surface area contributed by atoms with Crippen LogP contribution in [0, 0.1) is 6.92 Å². The number of hydrogen-bond donors (Lipinski definition) is 0. The van der Waals surface area contributed by atoms with Gasteiger partial charge in [0.25, 0.3) is 0 Å². The molecule has 2 rings (SSSR count). The van der Waals surface area contributed by atoms with Crippen LogP contribution in [0.3, 0.4) is 0 Å². The van der Waals surface area contributed by atoms with Crippen LogP contribution >= 0.6 is 11.6 Å². The first-order valence-electron chi connectivity index (χ1n) is 8.24. The van der Waals surface area contributed by atoms with Crippen molar-refractivity contribution >= 4 is 11.6 Å². The summed E-state index contributed by atoms with van der Waals surface area (Å²) in [6, 6.07) is 6.33. The summed E-state index contributed by atoms with van der Waals surface area (Å²) < 4.78 is 6.31. The maximum absolute atomic E-state index is 6.31. The Kier molecular flexibility index (Phi) is 6.53. The number of rotatable bonds is 6. The lowest BCUT2D eigenvalue weighted by molar-refractivity contribution is -0.0993. The topological polar surface area (TPSA) is 12.5 Å². The highest BCUT2D eigenvalue weighted by atomic mass is 35.5. The van der Waals surface area contributed by atoms with E-state index < -0.39 is 0 Å². The van der Waals surface area contributed by atoms with E-state index in [-0.39, 0.29) is 6.23 Å². The van der Waals surface area contributed by atoms with Crippen molar-refractivity contribution in [2.24, 2.45) is 0 Å². The van der Waals surface area contributed by atoms with Gasteiger partial charge in [-0.1, -0.05) is 37.1 Å². The molecule has 1 fully saturated rings. The van der Waals surface area contributed by atoms with E-state index in [4.69, 9.17) is 16.3 Å². The van der Waals surface area contributed by atoms with Gasteiger partial charge in [-0.25, -0.2) is 0 Å². The predicted octanol–water partition coefficient (Wildman–Crippen LogP) is 4.82. The van der Waals surface area contributed by atoms with Crippen LogP contribution in [0.25, 0.3) is 0 Å². The molecule has 1 aromatic rings. The van der Waals surface area contributed by atoms with Crippen molar-refractivity contribution in [3.8, 4) is 0 Å². The Morgan fingerprint density at radius 3 is 2.57 bits per heavy atom. The van der Waals surface area contributed by atoms with Crippen LogP contribution < -0.4 is 0 Å². The Bertz CT molecular complexity index is 443. The summed E-state index contributed by atoms with van der Waals surface area (Å²) in [5.74, 6) is 0. The van der Waals surface area contributed by atoms with Crippen molar-refractivity contribution in [2.45, 2.75) is 65.2 Å². The Hall–Kier alpha value is -0.570. The molecule has 2 unspecified atom stereocenters. The summed E-state index contributed by atoms with van der Waals surface area (Å²) in [5.41, 5.74) is 2.46. The molecular formula is C18H28ClNO. The van der Waals surface area contributed by atoms with E-state index in [1.807, 2.05) is 6.07 Å². The summed E-state index contributed by atoms with van der Waals surface area (Å²) in [6.45, 7) is 8.74. The van der Waals surface area contributed by atoms with Gasteiger partial charge >= 0.3 is 0 Å². The molecule has 118 valence electrons. The van der Waals surface area contributed by atoms with Gasteiger partial charge in [0, 0.05) is 24.5 Å². The smallest absolute Gasteiger partial charge is 0.115 e. The van der Waals surface area contributed by atoms with Crippen molar-refractivity contribution in [2.75, 3.05) is 13.1 Å². The van der Waals surface area contributed by atoms with Gasteiger partial charge in [-0.15, -0.1) is 0 Å². The van der Waals surface area contributed by atoms with E-state index in [0.29, 0.717) is 6.10 Å². The van der Waals surface area contributed by atoms with Crippen LogP contribution in [0.2, 0.25) is 5.02 Å². The minimum absolute atomic E-state index is 0.195. The Morgan fingerprint density at radius 2 is 1.95 bits per heavy atom. The Labute approximate surface area is 134 Å². The van der Waals surface area contributed by atoms with Crippen molar-refractivity contribution in [3.05, 3.63) is 34.3 Å². The molecule has 0 N–H and O–H groups in total. The second-order valence-electron chi connectivity index (χ2n) is 6.19. The standard InChI is InChI=1S/C18H28ClNO/c1-4-15(3)21-18(20-10-6-5-7-11-20)13-16-8-9-17(19)14(2)12-16/h8-9,12,15,18H,4-7,10-11,13H2,1-3H3. The third-order valence-corrected chi connectivity index (χ3v) is 4.82. The fourth-order valence-corrected chi connectivity index (χ4v) is 2.99. The second kappa shape index (κ2) is 8.17. The monoisotopic (exact) mass is 309 g/mol. The number of hydrogen-bond acceptors (Lipinski definition) is 2. The molecule has 2 nitrogen and oxygen atoms in total. The van der Waals surface area contributed by atoms with E-state index in [1.165, 1.54) is 24.8 Å². The van der Waals surface area contributed by atoms with Gasteiger partial charge in [0.1, 0.15) is 6.23 Å². The van der Waals surface area contributed by atoms with Crippen molar-refractivity contribution in [1.82, 2.24) is 4.90 Å². The molecule has 3 heteroatoms. The quantitative estimate of drug-likeness (QED) is 0.747. The molecule has 0 saturated carbocycles. The van der Waals surface area contributed by atoms with Crippen LogP contribution in [0.1, 0.15) is 50.7 Å². The van der Waals surface area contributed by atoms with Crippen LogP contribution in [0.4, 0.5) is 0 Å². The summed E-state index contributed by atoms with van der Waals surface area (Å²) >= 11 is 6.13. The number of halogens is 1. The third-order valence-electron chi connectivity index (χ3n) is 4.39. The fraction of sp³-hybridized carbons (Fsp3) is 0.667. The molecule has 2 atom stereocenters. The molecule has 1 aliphatic heterocycles. The molecule has 0 aliphatic carbocycles. The molecule has 0 spiro atoms. The summed E-state index contributed by atoms with van der Waals surface area (Å²) in [4.78, 5) is 2.51. The van der Waals surface area contributed by atoms with Crippen LogP contribution in [0.5, 0.6) is 0 Å². The second-order valence-corrected chi connectivity index (χ2v) is 6.60. The average Bonchev–Trinajstić information content (AvgIpc) is 2.51. The summed E-state index contributed by atoms with van der Waals surface area (Å²) in [5, 5.41) is 0.844. The Morgan fingerprint density at radius 1 is 1.24 bits per heavy atom. The fourth-order valence-electron chi connectivity index (χ4n) is 2.87. The van der Waals surface area contributed by atoms with Crippen LogP contribution in [0.15, 0.2) is 18.2 Å². The van der Waals surface area contributed by atoms with Gasteiger partial charge in [-0.05, 0) is 50.3 Å². The lowest BCUT2D eigenvalue weighted by atomic mass is 10.1. The van der Waals surface area contributed by atoms with Crippen LogP contribution in [-0.4, -0.2) is 30.3 Å². The van der Waals surface area contributed by atoms with Crippen molar-refractivity contribution in [3.63, 3.8) is 0 Å². The molecule has 1 aliphatic rings. The number of ether oxygens (including phenoxy) is 1. The zero-order valence-electron chi connectivity index (χ0n) is 13.6. The lowest BCUT2D eigenvalue weighted by Crippen LogP contribution is -2.43. The van der Waals surface area contributed by atoms with Gasteiger partial charge in [0.05, 0.1) is 6.10 Å². The SMILES string of the molecule is CCC(C)OC(Cc1ccc(Cl)c(C)c1)N1CCCCC1. The molecule has 0 bridgehead atoms. The van der Waals surface area contributed by atoms with Gasteiger partial charge in [0.15, 0.2) is 0 Å². The van der Waals surface area contributed by atoms with Gasteiger partial charge in [0.2, 0.25) is 0 Å². The average molecular weight is 310 g/mol. The molecule has 1 heterocycles. The van der Waals surface area contributed by atoms with E-state index in [1.54, 1.807) is 0 Å². The first-order valence-corrected chi connectivity index (χ1v) is 8.62. The molecule has 0 radical (unpaired) electrons. The normalized spacial score (nSPS) is 19.4. The number of nitrogens with zero attached hydrogens (tertiary/aromatic N) is 1. The zero-order valence-corrected chi connectivity index (χ0v) is 14.3. The van der Waals surface area contributed by atoms with E-state index in [2.05, 4.69) is 37.8 Å². The first kappa shape index (κ1) is 16.8.